The number of nitrogens with one attached hydrogen (secondary N) is 2. The van der Waals surface area contributed by atoms with E-state index in [0.29, 0.717) is 12.5 Å². The first-order chi connectivity index (χ1) is 13.9. The Hall–Kier alpha value is -1.88. The molecule has 3 rings (SSSR count). The Kier molecular flexibility index (Phi) is 9.35. The van der Waals surface area contributed by atoms with Crippen molar-refractivity contribution in [1.29, 1.82) is 0 Å². The van der Waals surface area contributed by atoms with Gasteiger partial charge in [0.25, 0.3) is 0 Å². The van der Waals surface area contributed by atoms with E-state index in [2.05, 4.69) is 20.5 Å². The van der Waals surface area contributed by atoms with E-state index in [0.717, 1.165) is 55.8 Å². The van der Waals surface area contributed by atoms with E-state index in [1.54, 1.807) is 13.1 Å². The van der Waals surface area contributed by atoms with Gasteiger partial charge in [0.2, 0.25) is 0 Å². The van der Waals surface area contributed by atoms with Crippen LogP contribution in [0.4, 0.5) is 17.6 Å². The lowest BCUT2D eigenvalue weighted by Crippen LogP contribution is -2.48. The molecule has 1 heterocycles. The molecule has 2 N–H and O–H groups in total. The normalized spacial score (nSPS) is 15.6. The molecule has 164 valence electrons. The van der Waals surface area contributed by atoms with Gasteiger partial charge in [-0.15, -0.1) is 24.0 Å². The fourth-order valence-corrected chi connectivity index (χ4v) is 3.38. The highest BCUT2D eigenvalue weighted by Crippen LogP contribution is 2.16. The van der Waals surface area contributed by atoms with Crippen LogP contribution in [-0.2, 0) is 13.1 Å². The highest BCUT2D eigenvalue weighted by atomic mass is 127. The number of halogens is 5. The smallest absolute Gasteiger partial charge is 0.191 e. The number of guanidine groups is 1. The maximum Gasteiger partial charge on any atom is 0.191 e. The molecular weight excluding hydrogens is 511 g/mol. The summed E-state index contributed by atoms with van der Waals surface area (Å²) in [5.41, 5.74) is 0.971. The first-order valence-corrected chi connectivity index (χ1v) is 9.52. The summed E-state index contributed by atoms with van der Waals surface area (Å²) in [5, 5.41) is 6.30. The lowest BCUT2D eigenvalue weighted by Gasteiger charge is -2.33. The van der Waals surface area contributed by atoms with Gasteiger partial charge in [0.05, 0.1) is 0 Å². The third kappa shape index (κ3) is 6.83. The van der Waals surface area contributed by atoms with Crippen molar-refractivity contribution in [2.24, 2.45) is 4.99 Å². The zero-order valence-electron chi connectivity index (χ0n) is 16.6. The molecule has 2 aromatic carbocycles. The Balaban J connectivity index is 0.00000320. The third-order valence-corrected chi connectivity index (χ3v) is 5.00. The number of nitrogens with zero attached hydrogens (tertiary/aromatic N) is 2. The summed E-state index contributed by atoms with van der Waals surface area (Å²) >= 11 is 0. The largest absolute Gasteiger partial charge is 0.354 e. The first-order valence-electron chi connectivity index (χ1n) is 9.52. The van der Waals surface area contributed by atoms with Gasteiger partial charge in [-0.1, -0.05) is 6.07 Å². The number of piperidine rings is 1. The molecule has 1 aliphatic heterocycles. The molecule has 2 aromatic rings. The van der Waals surface area contributed by atoms with Crippen molar-refractivity contribution in [2.75, 3.05) is 20.1 Å². The summed E-state index contributed by atoms with van der Waals surface area (Å²) in [4.78, 5) is 6.33. The Morgan fingerprint density at radius 1 is 1.00 bits per heavy atom. The lowest BCUT2D eigenvalue weighted by molar-refractivity contribution is 0.198. The Morgan fingerprint density at radius 2 is 1.70 bits per heavy atom. The second kappa shape index (κ2) is 11.5. The van der Waals surface area contributed by atoms with Crippen LogP contribution in [0.15, 0.2) is 41.4 Å². The first kappa shape index (κ1) is 24.4. The van der Waals surface area contributed by atoms with E-state index in [1.165, 1.54) is 6.07 Å². The highest BCUT2D eigenvalue weighted by Gasteiger charge is 2.20. The van der Waals surface area contributed by atoms with Crippen molar-refractivity contribution >= 4 is 29.9 Å². The van der Waals surface area contributed by atoms with Crippen molar-refractivity contribution in [1.82, 2.24) is 15.5 Å². The van der Waals surface area contributed by atoms with E-state index in [-0.39, 0.29) is 42.1 Å². The molecule has 0 radical (unpaired) electrons. The van der Waals surface area contributed by atoms with Crippen LogP contribution in [0, 0.1) is 23.3 Å². The maximum absolute atomic E-state index is 13.7. The van der Waals surface area contributed by atoms with E-state index in [4.69, 9.17) is 0 Å². The molecule has 1 fully saturated rings. The van der Waals surface area contributed by atoms with Crippen molar-refractivity contribution in [3.63, 3.8) is 0 Å². The molecule has 0 unspecified atom stereocenters. The van der Waals surface area contributed by atoms with Crippen LogP contribution < -0.4 is 10.6 Å². The molecule has 0 saturated carbocycles. The fourth-order valence-electron chi connectivity index (χ4n) is 3.38. The summed E-state index contributed by atoms with van der Waals surface area (Å²) < 4.78 is 53.4. The molecule has 0 aromatic heterocycles. The predicted molar refractivity (Wildman–Crippen MR) is 120 cm³/mol. The van der Waals surface area contributed by atoms with Crippen LogP contribution in [0.2, 0.25) is 0 Å². The quantitative estimate of drug-likeness (QED) is 0.261. The van der Waals surface area contributed by atoms with E-state index in [9.17, 15) is 17.6 Å². The van der Waals surface area contributed by atoms with Crippen molar-refractivity contribution in [3.05, 3.63) is 70.8 Å². The zero-order chi connectivity index (χ0) is 20.8. The average molecular weight is 536 g/mol. The summed E-state index contributed by atoms with van der Waals surface area (Å²) in [7, 11) is 1.62. The molecule has 1 aliphatic rings. The second-order valence-electron chi connectivity index (χ2n) is 7.10. The van der Waals surface area contributed by atoms with Crippen molar-refractivity contribution in [3.8, 4) is 0 Å². The predicted octanol–water partition coefficient (Wildman–Crippen LogP) is 4.19. The Labute approximate surface area is 190 Å². The third-order valence-electron chi connectivity index (χ3n) is 5.00. The number of rotatable bonds is 5. The second-order valence-corrected chi connectivity index (χ2v) is 7.10. The fraction of sp³-hybridized carbons (Fsp3) is 0.381. The minimum absolute atomic E-state index is 0. The van der Waals surface area contributed by atoms with Gasteiger partial charge in [-0.25, -0.2) is 17.6 Å². The van der Waals surface area contributed by atoms with Crippen molar-refractivity contribution in [2.45, 2.75) is 32.0 Å². The molecular formula is C21H25F4IN4. The topological polar surface area (TPSA) is 39.7 Å². The summed E-state index contributed by atoms with van der Waals surface area (Å²) in [5.74, 6) is -2.11. The minimum Gasteiger partial charge on any atom is -0.354 e. The van der Waals surface area contributed by atoms with Crippen LogP contribution in [0.25, 0.3) is 0 Å². The molecule has 30 heavy (non-hydrogen) atoms. The Morgan fingerprint density at radius 3 is 2.37 bits per heavy atom. The molecule has 1 saturated heterocycles. The molecule has 0 bridgehead atoms. The Bertz CT molecular complexity index is 870. The van der Waals surface area contributed by atoms with Gasteiger partial charge in [0.15, 0.2) is 17.6 Å². The molecule has 4 nitrogen and oxygen atoms in total. The van der Waals surface area contributed by atoms with Gasteiger partial charge in [-0.2, -0.15) is 0 Å². The summed E-state index contributed by atoms with van der Waals surface area (Å²) in [6, 6.07) is 7.50. The van der Waals surface area contributed by atoms with Crippen LogP contribution >= 0.6 is 24.0 Å². The summed E-state index contributed by atoms with van der Waals surface area (Å²) in [6.45, 7) is 2.28. The van der Waals surface area contributed by atoms with E-state index < -0.39 is 23.3 Å². The standard InChI is InChI=1S/C21H24F4N4.HI/c1-26-21(27-12-15-11-16(22)3-5-18(15)23)28-17-6-8-29(9-7-17)13-14-2-4-19(24)20(25)10-14;/h2-5,10-11,17H,6-9,12-13H2,1H3,(H2,26,27,28);1H. The van der Waals surface area contributed by atoms with Gasteiger partial charge >= 0.3 is 0 Å². The van der Waals surface area contributed by atoms with Crippen LogP contribution in [-0.4, -0.2) is 37.0 Å². The van der Waals surface area contributed by atoms with Crippen molar-refractivity contribution < 1.29 is 17.6 Å². The molecule has 0 spiro atoms. The number of aliphatic imine (C=N–C) groups is 1. The van der Waals surface area contributed by atoms with Crippen LogP contribution in [0.5, 0.6) is 0 Å². The average Bonchev–Trinajstić information content (AvgIpc) is 2.71. The number of benzene rings is 2. The molecule has 0 amide bonds. The number of hydrogen-bond donors (Lipinski definition) is 2. The van der Waals surface area contributed by atoms with Crippen LogP contribution in [0.1, 0.15) is 24.0 Å². The molecule has 0 aliphatic carbocycles. The van der Waals surface area contributed by atoms with Gasteiger partial charge in [0, 0.05) is 44.8 Å². The maximum atomic E-state index is 13.7. The van der Waals surface area contributed by atoms with Gasteiger partial charge in [-0.3, -0.25) is 9.89 Å². The zero-order valence-corrected chi connectivity index (χ0v) is 18.9. The van der Waals surface area contributed by atoms with E-state index >= 15 is 0 Å². The SMILES string of the molecule is CN=C(NCc1cc(F)ccc1F)NC1CCN(Cc2ccc(F)c(F)c2)CC1.I. The number of likely N-dealkylation sites (tertiary alicyclic amines) is 1. The van der Waals surface area contributed by atoms with Gasteiger partial charge < -0.3 is 10.6 Å². The highest BCUT2D eigenvalue weighted by molar-refractivity contribution is 14.0. The number of hydrogen-bond acceptors (Lipinski definition) is 2. The minimum atomic E-state index is -0.839. The van der Waals surface area contributed by atoms with Crippen LogP contribution in [0.3, 0.4) is 0 Å². The van der Waals surface area contributed by atoms with Gasteiger partial charge in [-0.05, 0) is 48.7 Å². The monoisotopic (exact) mass is 536 g/mol. The molecule has 0 atom stereocenters. The van der Waals surface area contributed by atoms with Gasteiger partial charge in [0.1, 0.15) is 11.6 Å². The van der Waals surface area contributed by atoms with E-state index in [1.807, 2.05) is 0 Å². The molecule has 9 heteroatoms. The lowest BCUT2D eigenvalue weighted by atomic mass is 10.0. The summed E-state index contributed by atoms with van der Waals surface area (Å²) in [6.07, 6.45) is 1.69.